The Labute approximate surface area is 191 Å². The van der Waals surface area contributed by atoms with Crippen LogP contribution in [0.5, 0.6) is 11.5 Å². The van der Waals surface area contributed by atoms with Gasteiger partial charge in [0.25, 0.3) is 5.91 Å². The Morgan fingerprint density at radius 1 is 1.00 bits per heavy atom. The van der Waals surface area contributed by atoms with Gasteiger partial charge in [0.1, 0.15) is 13.2 Å². The van der Waals surface area contributed by atoms with Crippen LogP contribution in [0.25, 0.3) is 0 Å². The number of carbonyl (C=O) groups is 2. The van der Waals surface area contributed by atoms with Crippen molar-refractivity contribution >= 4 is 27.6 Å². The summed E-state index contributed by atoms with van der Waals surface area (Å²) in [5.74, 6) is -0.239. The number of carbonyl (C=O) groups excluding carboxylic acids is 2. The first-order chi connectivity index (χ1) is 15.8. The van der Waals surface area contributed by atoms with E-state index in [9.17, 15) is 18.0 Å². The summed E-state index contributed by atoms with van der Waals surface area (Å²) in [6.07, 6.45) is 0. The first-order valence-corrected chi connectivity index (χ1v) is 11.8. The summed E-state index contributed by atoms with van der Waals surface area (Å²) >= 11 is 0. The molecule has 2 aromatic carbocycles. The van der Waals surface area contributed by atoms with Gasteiger partial charge in [-0.1, -0.05) is 6.07 Å². The van der Waals surface area contributed by atoms with Crippen molar-refractivity contribution < 1.29 is 37.0 Å². The third-order valence-corrected chi connectivity index (χ3v) is 7.21. The molecule has 1 fully saturated rings. The minimum absolute atomic E-state index is 0.0274. The van der Waals surface area contributed by atoms with Crippen molar-refractivity contribution in [2.45, 2.75) is 11.8 Å². The number of hydrogen-bond donors (Lipinski definition) is 1. The molecule has 4 rings (SSSR count). The van der Waals surface area contributed by atoms with E-state index in [0.29, 0.717) is 49.2 Å². The molecule has 0 spiro atoms. The average Bonchev–Trinajstić information content (AvgIpc) is 2.83. The third kappa shape index (κ3) is 5.27. The van der Waals surface area contributed by atoms with E-state index in [4.69, 9.17) is 18.9 Å². The molecule has 0 bridgehead atoms. The monoisotopic (exact) mass is 476 g/mol. The van der Waals surface area contributed by atoms with E-state index in [0.717, 1.165) is 0 Å². The van der Waals surface area contributed by atoms with Crippen LogP contribution >= 0.6 is 0 Å². The zero-order valence-electron chi connectivity index (χ0n) is 18.0. The number of nitrogens with one attached hydrogen (secondary N) is 1. The van der Waals surface area contributed by atoms with Crippen LogP contribution in [0.3, 0.4) is 0 Å². The molecule has 11 heteroatoms. The number of hydrogen-bond acceptors (Lipinski definition) is 8. The quantitative estimate of drug-likeness (QED) is 0.624. The highest BCUT2D eigenvalue weighted by Crippen LogP contribution is 2.32. The smallest absolute Gasteiger partial charge is 0.338 e. The van der Waals surface area contributed by atoms with Crippen molar-refractivity contribution in [2.24, 2.45) is 0 Å². The largest absolute Gasteiger partial charge is 0.486 e. The van der Waals surface area contributed by atoms with Gasteiger partial charge in [0.05, 0.1) is 23.7 Å². The SMILES string of the molecule is Cc1ccc(C(=O)OCC(=O)Nc2ccc3c(c2)OCCO3)cc1S(=O)(=O)N1CCOCC1. The number of anilines is 1. The van der Waals surface area contributed by atoms with Crippen molar-refractivity contribution in [3.63, 3.8) is 0 Å². The zero-order chi connectivity index (χ0) is 23.4. The molecule has 1 N–H and O–H groups in total. The molecule has 0 radical (unpaired) electrons. The number of nitrogens with zero attached hydrogens (tertiary/aromatic N) is 1. The molecule has 0 atom stereocenters. The van der Waals surface area contributed by atoms with Crippen molar-refractivity contribution in [2.75, 3.05) is 51.4 Å². The van der Waals surface area contributed by atoms with Gasteiger partial charge in [-0.2, -0.15) is 4.31 Å². The molecule has 0 saturated carbocycles. The number of ether oxygens (including phenoxy) is 4. The lowest BCUT2D eigenvalue weighted by Gasteiger charge is -2.26. The fraction of sp³-hybridized carbons (Fsp3) is 0.364. The van der Waals surface area contributed by atoms with E-state index in [1.54, 1.807) is 31.2 Å². The van der Waals surface area contributed by atoms with Crippen LogP contribution in [0.2, 0.25) is 0 Å². The van der Waals surface area contributed by atoms with Crippen molar-refractivity contribution in [3.05, 3.63) is 47.5 Å². The second kappa shape index (κ2) is 9.77. The van der Waals surface area contributed by atoms with Crippen LogP contribution in [-0.2, 0) is 24.3 Å². The van der Waals surface area contributed by atoms with Gasteiger partial charge < -0.3 is 24.3 Å². The first-order valence-electron chi connectivity index (χ1n) is 10.4. The molecule has 2 aliphatic heterocycles. The van der Waals surface area contributed by atoms with E-state index in [1.165, 1.54) is 16.4 Å². The molecule has 0 aromatic heterocycles. The molecular weight excluding hydrogens is 452 g/mol. The Kier molecular flexibility index (Phi) is 6.82. The summed E-state index contributed by atoms with van der Waals surface area (Å²) in [5.41, 5.74) is 1.02. The lowest BCUT2D eigenvalue weighted by molar-refractivity contribution is -0.119. The highest BCUT2D eigenvalue weighted by atomic mass is 32.2. The van der Waals surface area contributed by atoms with Crippen LogP contribution < -0.4 is 14.8 Å². The van der Waals surface area contributed by atoms with Gasteiger partial charge in [0, 0.05) is 24.8 Å². The molecule has 176 valence electrons. The standard InChI is InChI=1S/C22H24N2O8S/c1-15-2-3-16(12-20(15)33(27,28)24-6-8-29-9-7-24)22(26)32-14-21(25)23-17-4-5-18-19(13-17)31-11-10-30-18/h2-5,12-13H,6-11,14H2,1H3,(H,23,25). The number of amides is 1. The molecule has 2 aliphatic rings. The predicted molar refractivity (Wildman–Crippen MR) is 117 cm³/mol. The van der Waals surface area contributed by atoms with Crippen LogP contribution in [-0.4, -0.2) is 70.7 Å². The van der Waals surface area contributed by atoms with Crippen LogP contribution in [0.4, 0.5) is 5.69 Å². The topological polar surface area (TPSA) is 120 Å². The van der Waals surface area contributed by atoms with Gasteiger partial charge in [0.2, 0.25) is 10.0 Å². The fourth-order valence-corrected chi connectivity index (χ4v) is 5.12. The Morgan fingerprint density at radius 3 is 2.48 bits per heavy atom. The van der Waals surface area contributed by atoms with Gasteiger partial charge >= 0.3 is 5.97 Å². The lowest BCUT2D eigenvalue weighted by Crippen LogP contribution is -2.40. The van der Waals surface area contributed by atoms with E-state index in [2.05, 4.69) is 5.32 Å². The molecular formula is C22H24N2O8S. The summed E-state index contributed by atoms with van der Waals surface area (Å²) in [5, 5.41) is 2.62. The predicted octanol–water partition coefficient (Wildman–Crippen LogP) is 1.58. The number of esters is 1. The second-order valence-electron chi connectivity index (χ2n) is 7.48. The molecule has 1 amide bonds. The number of morpholine rings is 1. The van der Waals surface area contributed by atoms with E-state index in [1.807, 2.05) is 0 Å². The number of benzene rings is 2. The molecule has 2 aromatic rings. The Morgan fingerprint density at radius 2 is 1.73 bits per heavy atom. The maximum absolute atomic E-state index is 13.0. The maximum atomic E-state index is 13.0. The minimum atomic E-state index is -3.78. The zero-order valence-corrected chi connectivity index (χ0v) is 18.9. The van der Waals surface area contributed by atoms with Gasteiger partial charge in [-0.05, 0) is 36.8 Å². The molecule has 2 heterocycles. The Hall–Kier alpha value is -3.15. The fourth-order valence-electron chi connectivity index (χ4n) is 3.46. The Balaban J connectivity index is 1.39. The number of sulfonamides is 1. The van der Waals surface area contributed by atoms with Gasteiger partial charge in [0.15, 0.2) is 18.1 Å². The van der Waals surface area contributed by atoms with E-state index < -0.39 is 28.5 Å². The highest BCUT2D eigenvalue weighted by molar-refractivity contribution is 7.89. The minimum Gasteiger partial charge on any atom is -0.486 e. The molecule has 0 unspecified atom stereocenters. The van der Waals surface area contributed by atoms with Gasteiger partial charge in [-0.3, -0.25) is 4.79 Å². The first kappa shape index (κ1) is 23.0. The third-order valence-electron chi connectivity index (χ3n) is 5.17. The summed E-state index contributed by atoms with van der Waals surface area (Å²) < 4.78 is 48.5. The van der Waals surface area contributed by atoms with Gasteiger partial charge in [-0.15, -0.1) is 0 Å². The van der Waals surface area contributed by atoms with E-state index in [-0.39, 0.29) is 23.5 Å². The van der Waals surface area contributed by atoms with Crippen LogP contribution in [0, 0.1) is 6.92 Å². The maximum Gasteiger partial charge on any atom is 0.338 e. The van der Waals surface area contributed by atoms with Crippen LogP contribution in [0.15, 0.2) is 41.3 Å². The number of rotatable bonds is 6. The molecule has 1 saturated heterocycles. The average molecular weight is 477 g/mol. The molecule has 10 nitrogen and oxygen atoms in total. The van der Waals surface area contributed by atoms with Crippen molar-refractivity contribution in [3.8, 4) is 11.5 Å². The van der Waals surface area contributed by atoms with Crippen molar-refractivity contribution in [1.82, 2.24) is 4.31 Å². The summed E-state index contributed by atoms with van der Waals surface area (Å²) in [7, 11) is -3.78. The summed E-state index contributed by atoms with van der Waals surface area (Å²) in [4.78, 5) is 24.7. The lowest BCUT2D eigenvalue weighted by atomic mass is 10.1. The molecule has 0 aliphatic carbocycles. The molecule has 33 heavy (non-hydrogen) atoms. The number of aryl methyl sites for hydroxylation is 1. The van der Waals surface area contributed by atoms with Gasteiger partial charge in [-0.25, -0.2) is 13.2 Å². The van der Waals surface area contributed by atoms with Crippen molar-refractivity contribution in [1.29, 1.82) is 0 Å². The Bertz CT molecular complexity index is 1160. The summed E-state index contributed by atoms with van der Waals surface area (Å²) in [6, 6.07) is 9.24. The summed E-state index contributed by atoms with van der Waals surface area (Å²) in [6.45, 7) is 3.13. The number of fused-ring (bicyclic) bond motifs is 1. The highest BCUT2D eigenvalue weighted by Gasteiger charge is 2.28. The van der Waals surface area contributed by atoms with E-state index >= 15 is 0 Å². The normalized spacial score (nSPS) is 16.2. The second-order valence-corrected chi connectivity index (χ2v) is 9.39. The van der Waals surface area contributed by atoms with Crippen LogP contribution in [0.1, 0.15) is 15.9 Å².